The summed E-state index contributed by atoms with van der Waals surface area (Å²) in [6.07, 6.45) is 12.7. The van der Waals surface area contributed by atoms with Gasteiger partial charge in [0.25, 0.3) is 0 Å². The highest BCUT2D eigenvalue weighted by Crippen LogP contribution is 2.41. The number of carbonyl (C=O) groups is 1. The molecule has 13 atom stereocenters. The van der Waals surface area contributed by atoms with Crippen LogP contribution < -0.4 is 9.47 Å². The first-order chi connectivity index (χ1) is 36.8. The summed E-state index contributed by atoms with van der Waals surface area (Å²) in [5.41, 5.74) is 3.36. The van der Waals surface area contributed by atoms with Gasteiger partial charge in [-0.1, -0.05) is 163 Å². The van der Waals surface area contributed by atoms with Crippen LogP contribution in [0, 0.1) is 41.4 Å². The second kappa shape index (κ2) is 35.6. The molecule has 0 aliphatic rings. The second-order valence-corrected chi connectivity index (χ2v) is 33.2. The van der Waals surface area contributed by atoms with Gasteiger partial charge in [-0.2, -0.15) is 0 Å². The molecule has 444 valence electrons. The van der Waals surface area contributed by atoms with E-state index in [0.717, 1.165) is 47.2 Å². The van der Waals surface area contributed by atoms with Crippen molar-refractivity contribution in [2.24, 2.45) is 41.4 Å². The molecule has 0 aliphatic carbocycles. The zero-order valence-corrected chi connectivity index (χ0v) is 54.7. The lowest BCUT2D eigenvalue weighted by atomic mass is 9.81. The minimum absolute atomic E-state index is 0.0261. The van der Waals surface area contributed by atoms with E-state index in [9.17, 15) is 4.79 Å². The Morgan fingerprint density at radius 1 is 0.615 bits per heavy atom. The fraction of sp³-hybridized carbons (Fsp3) is 0.677. The Kier molecular flexibility index (Phi) is 32.4. The first-order valence-corrected chi connectivity index (χ1v) is 34.5. The molecule has 2 aromatic rings. The normalized spacial score (nSPS) is 18.1. The minimum atomic E-state index is -2.35. The van der Waals surface area contributed by atoms with Crippen molar-refractivity contribution < 1.29 is 51.5 Å². The third-order valence-corrected chi connectivity index (χ3v) is 25.9. The Bertz CT molecular complexity index is 2050. The molecule has 0 bridgehead atoms. The number of carbonyl (C=O) groups excluding carboxylic acids is 1. The monoisotopic (exact) mass is 1120 g/mol. The molecule has 0 N–H and O–H groups in total. The lowest BCUT2D eigenvalue weighted by Crippen LogP contribution is -2.49. The fourth-order valence-corrected chi connectivity index (χ4v) is 14.9. The molecule has 13 heteroatoms. The zero-order chi connectivity index (χ0) is 58.8. The first kappa shape index (κ1) is 70.9. The third kappa shape index (κ3) is 23.0. The van der Waals surface area contributed by atoms with Gasteiger partial charge in [0.05, 0.1) is 64.1 Å². The summed E-state index contributed by atoms with van der Waals surface area (Å²) in [6, 6.07) is 19.2. The smallest absolute Gasteiger partial charge is 0.192 e. The van der Waals surface area contributed by atoms with Crippen molar-refractivity contribution in [1.82, 2.24) is 0 Å². The number of allylic oxidation sites excluding steroid dienone is 3. The third-order valence-electron chi connectivity index (χ3n) is 16.8. The number of ketones is 1. The van der Waals surface area contributed by atoms with Gasteiger partial charge < -0.3 is 46.7 Å². The average Bonchev–Trinajstić information content (AvgIpc) is 3.41. The largest absolute Gasteiger partial charge is 0.497 e. The summed E-state index contributed by atoms with van der Waals surface area (Å²) < 4.78 is 63.6. The summed E-state index contributed by atoms with van der Waals surface area (Å²) >= 11 is 0. The first-order valence-electron chi connectivity index (χ1n) is 29.0. The average molecular weight is 1120 g/mol. The molecule has 2 aromatic carbocycles. The van der Waals surface area contributed by atoms with Crippen molar-refractivity contribution in [2.75, 3.05) is 42.0 Å². The van der Waals surface area contributed by atoms with E-state index in [1.165, 1.54) is 5.57 Å². The van der Waals surface area contributed by atoms with Gasteiger partial charge in [-0.3, -0.25) is 4.79 Å². The van der Waals surface area contributed by atoms with Crippen LogP contribution >= 0.6 is 0 Å². The number of hydrogen-bond donors (Lipinski definition) is 0. The lowest BCUT2D eigenvalue weighted by Gasteiger charge is -2.43. The van der Waals surface area contributed by atoms with Gasteiger partial charge in [-0.25, -0.2) is 0 Å². The van der Waals surface area contributed by atoms with Crippen LogP contribution in [0.3, 0.4) is 0 Å². The van der Waals surface area contributed by atoms with Crippen LogP contribution in [0.1, 0.15) is 128 Å². The number of ether oxygens (including phenoxy) is 8. The molecule has 0 saturated carbocycles. The molecule has 0 heterocycles. The van der Waals surface area contributed by atoms with E-state index in [0.29, 0.717) is 19.6 Å². The van der Waals surface area contributed by atoms with Crippen LogP contribution in [-0.4, -0.2) is 101 Å². The molecule has 0 radical (unpaired) electrons. The maximum absolute atomic E-state index is 13.2. The van der Waals surface area contributed by atoms with Crippen LogP contribution in [0.25, 0.3) is 0 Å². The highest BCUT2D eigenvalue weighted by molar-refractivity contribution is 6.74. The number of Topliss-reactive ketones (excluding diaryl/α,β-unsaturated/α-hetero) is 1. The SMILES string of the molecule is C=C/C=C/[C@H](C)[C@H](O[Si](CC)(CC)CC)[C@@H](C)[C@H](OCc1ccc(OC)cc1)[C@@H](C)C/C(C)=C\[C@H](C)[C@@H](OCOC)[C@@H](C)/C=C\[C@H](C[C@H](O[Si](C)(C)C(C)(C)C)[C@H](C)[C@H](OCc1ccc(OC)cc1)[C@@H](C)C(C)=O)OCOC. The highest BCUT2D eigenvalue weighted by Gasteiger charge is 2.44. The molecule has 0 saturated heterocycles. The number of hydrogen-bond acceptors (Lipinski definition) is 11. The van der Waals surface area contributed by atoms with Crippen molar-refractivity contribution in [1.29, 1.82) is 0 Å². The van der Waals surface area contributed by atoms with Crippen molar-refractivity contribution in [3.8, 4) is 11.5 Å². The molecule has 0 spiro atoms. The Balaban J connectivity index is 2.59. The van der Waals surface area contributed by atoms with Crippen LogP contribution in [0.2, 0.25) is 36.3 Å². The van der Waals surface area contributed by atoms with Crippen molar-refractivity contribution >= 4 is 22.4 Å². The molecule has 78 heavy (non-hydrogen) atoms. The summed E-state index contributed by atoms with van der Waals surface area (Å²) in [4.78, 5) is 13.2. The lowest BCUT2D eigenvalue weighted by molar-refractivity contribution is -0.131. The van der Waals surface area contributed by atoms with Gasteiger partial charge in [0.2, 0.25) is 0 Å². The van der Waals surface area contributed by atoms with E-state index >= 15 is 0 Å². The summed E-state index contributed by atoms with van der Waals surface area (Å²) in [7, 11) is 2.30. The Morgan fingerprint density at radius 2 is 1.12 bits per heavy atom. The summed E-state index contributed by atoms with van der Waals surface area (Å²) in [5.74, 6) is 1.53. The maximum atomic E-state index is 13.2. The quantitative estimate of drug-likeness (QED) is 0.0275. The van der Waals surface area contributed by atoms with E-state index in [1.807, 2.05) is 49.4 Å². The van der Waals surface area contributed by atoms with Gasteiger partial charge in [-0.15, -0.1) is 0 Å². The molecule has 0 fully saturated rings. The second-order valence-electron chi connectivity index (χ2n) is 23.8. The standard InChI is InChI=1S/C65H110O11Si2/c1-23-27-28-47(6)63(76-78(24-2,25-3)26-4)53(12)62(71-42-55-30-35-57(69-19)36-31-55)50(9)40-46(5)39-49(8)61(74-45-68-18)48(7)29-34-59(73-44-67-17)41-60(75-77(21,22)65(14,15)16)52(11)64(51(10)54(13)66)72-43-56-32-37-58(70-20)38-33-56/h23,27-39,47-53,59-64H,1,24-26,40-45H2,2-22H3/b28-27+,34-29-,46-39-/t47-,48-,49-,50-,51-,52-,53-,59+,60-,61-,62+,63-,64+/m0/s1. The topological polar surface area (TPSA) is 109 Å². The minimum Gasteiger partial charge on any atom is -0.497 e. The predicted octanol–water partition coefficient (Wildman–Crippen LogP) is 16.0. The molecular weight excluding hydrogens is 1010 g/mol. The van der Waals surface area contributed by atoms with Crippen molar-refractivity contribution in [2.45, 2.75) is 203 Å². The Hall–Kier alpha value is -3.22. The number of rotatable bonds is 40. The van der Waals surface area contributed by atoms with Crippen molar-refractivity contribution in [3.05, 3.63) is 108 Å². The van der Waals surface area contributed by atoms with E-state index in [4.69, 9.17) is 46.7 Å². The fourth-order valence-electron chi connectivity index (χ4n) is 10.5. The summed E-state index contributed by atoms with van der Waals surface area (Å²) in [6.45, 7) is 42.6. The molecule has 0 aromatic heterocycles. The molecule has 2 rings (SSSR count). The van der Waals surface area contributed by atoms with Crippen LogP contribution in [-0.2, 0) is 55.3 Å². The Morgan fingerprint density at radius 3 is 1.58 bits per heavy atom. The summed E-state index contributed by atoms with van der Waals surface area (Å²) in [5, 5.41) is -0.0660. The number of benzene rings is 2. The van der Waals surface area contributed by atoms with E-state index < -0.39 is 22.7 Å². The van der Waals surface area contributed by atoms with Crippen LogP contribution in [0.4, 0.5) is 0 Å². The maximum Gasteiger partial charge on any atom is 0.192 e. The van der Waals surface area contributed by atoms with Gasteiger partial charge in [0.1, 0.15) is 30.9 Å². The molecule has 0 aliphatic heterocycles. The van der Waals surface area contributed by atoms with E-state index in [1.54, 1.807) is 35.4 Å². The van der Waals surface area contributed by atoms with Gasteiger partial charge >= 0.3 is 0 Å². The highest BCUT2D eigenvalue weighted by atomic mass is 28.4. The molecule has 11 nitrogen and oxygen atoms in total. The molecular formula is C65H110O11Si2. The van der Waals surface area contributed by atoms with E-state index in [2.05, 4.69) is 152 Å². The molecule has 0 amide bonds. The molecule has 0 unspecified atom stereocenters. The van der Waals surface area contributed by atoms with Gasteiger partial charge in [0.15, 0.2) is 16.6 Å². The van der Waals surface area contributed by atoms with Gasteiger partial charge in [-0.05, 0) is 104 Å². The zero-order valence-electron chi connectivity index (χ0n) is 52.7. The van der Waals surface area contributed by atoms with Crippen molar-refractivity contribution in [3.63, 3.8) is 0 Å². The number of methoxy groups -OCH3 is 4. The van der Waals surface area contributed by atoms with Crippen LogP contribution in [0.15, 0.2) is 97.1 Å². The van der Waals surface area contributed by atoms with Gasteiger partial charge in [0, 0.05) is 50.2 Å². The van der Waals surface area contributed by atoms with E-state index in [-0.39, 0.29) is 96.4 Å². The van der Waals surface area contributed by atoms with Crippen LogP contribution in [0.5, 0.6) is 11.5 Å². The predicted molar refractivity (Wildman–Crippen MR) is 327 cm³/mol. The Labute approximate surface area is 477 Å².